The molecular formula is C19H36N2O3. The highest BCUT2D eigenvalue weighted by Crippen LogP contribution is 2.20. The van der Waals surface area contributed by atoms with Gasteiger partial charge in [0.2, 0.25) is 0 Å². The Balaban J connectivity index is 2.18. The number of carbonyl (C=O) groups is 1. The number of hydrogen-bond donors (Lipinski definition) is 2. The van der Waals surface area contributed by atoms with Gasteiger partial charge in [-0.1, -0.05) is 71.1 Å². The van der Waals surface area contributed by atoms with Crippen LogP contribution in [-0.2, 0) is 4.79 Å². The molecular weight excluding hydrogens is 304 g/mol. The molecule has 5 heteroatoms. The van der Waals surface area contributed by atoms with E-state index >= 15 is 0 Å². The van der Waals surface area contributed by atoms with Crippen molar-refractivity contribution in [1.82, 2.24) is 4.90 Å². The Morgan fingerprint density at radius 1 is 1.08 bits per heavy atom. The van der Waals surface area contributed by atoms with Crippen LogP contribution in [0.1, 0.15) is 84.5 Å². The maximum Gasteiger partial charge on any atom is 0.314 e. The Hall–Kier alpha value is -1.10. The highest BCUT2D eigenvalue weighted by molar-refractivity contribution is 6.01. The number of carboxylic acid groups (broad SMARTS) is 1. The first-order chi connectivity index (χ1) is 11.6. The molecule has 0 aromatic rings. The van der Waals surface area contributed by atoms with Gasteiger partial charge in [-0.3, -0.25) is 9.79 Å². The quantitative estimate of drug-likeness (QED) is 0.468. The van der Waals surface area contributed by atoms with Crippen molar-refractivity contribution in [3.63, 3.8) is 0 Å². The lowest BCUT2D eigenvalue weighted by Crippen LogP contribution is -2.42. The molecule has 0 saturated heterocycles. The molecule has 0 bridgehead atoms. The number of aliphatic imine (C=N–C) groups is 1. The number of nitrogens with zero attached hydrogens (tertiary/aromatic N) is 2. The van der Waals surface area contributed by atoms with E-state index in [9.17, 15) is 15.0 Å². The number of amidine groups is 1. The molecule has 0 fully saturated rings. The summed E-state index contributed by atoms with van der Waals surface area (Å²) in [6.07, 6.45) is 12.4. The maximum atomic E-state index is 11.6. The van der Waals surface area contributed by atoms with Crippen LogP contribution in [0.4, 0.5) is 0 Å². The van der Waals surface area contributed by atoms with Gasteiger partial charge in [0.25, 0.3) is 0 Å². The van der Waals surface area contributed by atoms with Crippen LogP contribution in [0, 0.1) is 5.92 Å². The summed E-state index contributed by atoms with van der Waals surface area (Å²) in [4.78, 5) is 17.6. The van der Waals surface area contributed by atoms with Gasteiger partial charge in [-0.2, -0.15) is 0 Å². The van der Waals surface area contributed by atoms with E-state index < -0.39 is 18.1 Å². The number of aliphatic hydroxyl groups is 1. The normalized spacial score (nSPS) is 17.0. The van der Waals surface area contributed by atoms with Crippen molar-refractivity contribution in [3.05, 3.63) is 0 Å². The molecule has 2 atom stereocenters. The predicted octanol–water partition coefficient (Wildman–Crippen LogP) is 4.05. The first-order valence-electron chi connectivity index (χ1n) is 9.79. The zero-order chi connectivity index (χ0) is 17.8. The lowest BCUT2D eigenvalue weighted by molar-refractivity contribution is -0.139. The Labute approximate surface area is 147 Å². The molecule has 1 rings (SSSR count). The van der Waals surface area contributed by atoms with Gasteiger partial charge in [0, 0.05) is 6.54 Å². The van der Waals surface area contributed by atoms with Gasteiger partial charge in [-0.25, -0.2) is 0 Å². The minimum atomic E-state index is -0.822. The van der Waals surface area contributed by atoms with E-state index in [-0.39, 0.29) is 0 Å². The number of aliphatic carboxylic acids is 1. The molecule has 0 amide bonds. The molecule has 0 radical (unpaired) electrons. The van der Waals surface area contributed by atoms with Crippen LogP contribution < -0.4 is 0 Å². The van der Waals surface area contributed by atoms with E-state index in [1.807, 2.05) is 0 Å². The van der Waals surface area contributed by atoms with E-state index in [4.69, 9.17) is 0 Å². The average Bonchev–Trinajstić information content (AvgIpc) is 3.01. The third kappa shape index (κ3) is 7.65. The average molecular weight is 341 g/mol. The van der Waals surface area contributed by atoms with Gasteiger partial charge in [-0.15, -0.1) is 0 Å². The van der Waals surface area contributed by atoms with Crippen molar-refractivity contribution in [2.24, 2.45) is 10.9 Å². The summed E-state index contributed by atoms with van der Waals surface area (Å²) in [5, 5.41) is 19.2. The number of aliphatic hydroxyl groups excluding tert-OH is 1. The fraction of sp³-hybridized carbons (Fsp3) is 0.895. The predicted molar refractivity (Wildman–Crippen MR) is 98.3 cm³/mol. The second-order valence-corrected chi connectivity index (χ2v) is 6.93. The Kier molecular flexibility index (Phi) is 10.7. The molecule has 2 N–H and O–H groups in total. The van der Waals surface area contributed by atoms with Crippen molar-refractivity contribution < 1.29 is 15.0 Å². The first-order valence-corrected chi connectivity index (χ1v) is 9.79. The highest BCUT2D eigenvalue weighted by Gasteiger charge is 2.32. The van der Waals surface area contributed by atoms with Crippen molar-refractivity contribution in [2.75, 3.05) is 13.1 Å². The van der Waals surface area contributed by atoms with Gasteiger partial charge in [0.1, 0.15) is 18.0 Å². The number of carboxylic acids is 1. The standard InChI is InChI=1S/C19H36N2O3/c1-3-4-5-6-7-8-9-10-11-12-13-17(19(23)24)18-20-14-15-21(18)16(2)22/h16-17,22H,3-15H2,1-2H3,(H,23,24). The summed E-state index contributed by atoms with van der Waals surface area (Å²) in [5.41, 5.74) is 0. The largest absolute Gasteiger partial charge is 0.481 e. The fourth-order valence-corrected chi connectivity index (χ4v) is 3.37. The van der Waals surface area contributed by atoms with Gasteiger partial charge in [0.05, 0.1) is 6.54 Å². The summed E-state index contributed by atoms with van der Waals surface area (Å²) in [6, 6.07) is 0. The minimum Gasteiger partial charge on any atom is -0.481 e. The summed E-state index contributed by atoms with van der Waals surface area (Å²) >= 11 is 0. The zero-order valence-electron chi connectivity index (χ0n) is 15.5. The maximum absolute atomic E-state index is 11.6. The third-order valence-electron chi connectivity index (χ3n) is 4.82. The van der Waals surface area contributed by atoms with E-state index in [0.29, 0.717) is 25.3 Å². The van der Waals surface area contributed by atoms with Crippen LogP contribution in [-0.4, -0.2) is 46.2 Å². The van der Waals surface area contributed by atoms with Crippen LogP contribution >= 0.6 is 0 Å². The van der Waals surface area contributed by atoms with Crippen LogP contribution in [0.5, 0.6) is 0 Å². The van der Waals surface area contributed by atoms with Gasteiger partial charge >= 0.3 is 5.97 Å². The number of unbranched alkanes of at least 4 members (excludes halogenated alkanes) is 9. The Morgan fingerprint density at radius 3 is 2.12 bits per heavy atom. The summed E-state index contributed by atoms with van der Waals surface area (Å²) < 4.78 is 0. The molecule has 0 aromatic heterocycles. The van der Waals surface area contributed by atoms with Crippen LogP contribution in [0.3, 0.4) is 0 Å². The molecule has 140 valence electrons. The fourth-order valence-electron chi connectivity index (χ4n) is 3.37. The van der Waals surface area contributed by atoms with Crippen LogP contribution in [0.25, 0.3) is 0 Å². The van der Waals surface area contributed by atoms with Crippen molar-refractivity contribution in [1.29, 1.82) is 0 Å². The minimum absolute atomic E-state index is 0.563. The molecule has 1 aliphatic heterocycles. The lowest BCUT2D eigenvalue weighted by Gasteiger charge is -2.26. The smallest absolute Gasteiger partial charge is 0.314 e. The summed E-state index contributed by atoms with van der Waals surface area (Å²) in [5.74, 6) is -0.832. The van der Waals surface area contributed by atoms with E-state index in [2.05, 4.69) is 11.9 Å². The molecule has 24 heavy (non-hydrogen) atoms. The molecule has 0 saturated carbocycles. The van der Waals surface area contributed by atoms with E-state index in [1.54, 1.807) is 11.8 Å². The SMILES string of the molecule is CCCCCCCCCCCCC(C(=O)O)C1=NCCN1C(C)O. The molecule has 1 heterocycles. The van der Waals surface area contributed by atoms with E-state index in [0.717, 1.165) is 12.8 Å². The van der Waals surface area contributed by atoms with Crippen molar-refractivity contribution in [3.8, 4) is 0 Å². The molecule has 0 aliphatic carbocycles. The molecule has 5 nitrogen and oxygen atoms in total. The summed E-state index contributed by atoms with van der Waals surface area (Å²) in [7, 11) is 0. The third-order valence-corrected chi connectivity index (χ3v) is 4.82. The summed E-state index contributed by atoms with van der Waals surface area (Å²) in [6.45, 7) is 5.11. The topological polar surface area (TPSA) is 73.1 Å². The second-order valence-electron chi connectivity index (χ2n) is 6.93. The number of rotatable bonds is 14. The second kappa shape index (κ2) is 12.3. The van der Waals surface area contributed by atoms with Gasteiger partial charge < -0.3 is 15.1 Å². The molecule has 2 unspecified atom stereocenters. The Bertz CT molecular complexity index is 383. The molecule has 1 aliphatic rings. The Morgan fingerprint density at radius 2 is 1.62 bits per heavy atom. The zero-order valence-corrected chi connectivity index (χ0v) is 15.5. The highest BCUT2D eigenvalue weighted by atomic mass is 16.4. The van der Waals surface area contributed by atoms with E-state index in [1.165, 1.54) is 51.4 Å². The molecule has 0 spiro atoms. The number of hydrogen-bond acceptors (Lipinski definition) is 4. The first kappa shape index (κ1) is 20.9. The lowest BCUT2D eigenvalue weighted by atomic mass is 9.98. The van der Waals surface area contributed by atoms with Crippen LogP contribution in [0.2, 0.25) is 0 Å². The van der Waals surface area contributed by atoms with Gasteiger partial charge in [0.15, 0.2) is 0 Å². The van der Waals surface area contributed by atoms with Gasteiger partial charge in [-0.05, 0) is 13.3 Å². The van der Waals surface area contributed by atoms with Crippen molar-refractivity contribution >= 4 is 11.8 Å². The molecule has 0 aromatic carbocycles. The van der Waals surface area contributed by atoms with Crippen molar-refractivity contribution in [2.45, 2.75) is 90.7 Å². The monoisotopic (exact) mass is 340 g/mol. The van der Waals surface area contributed by atoms with Crippen LogP contribution in [0.15, 0.2) is 4.99 Å².